The van der Waals surface area contributed by atoms with Crippen molar-refractivity contribution in [3.8, 4) is 0 Å². The SMILES string of the molecule is CCCCCCCCCCCCCCCCCCC1(CCCCCCCCCCCCCCCCCC)CNCCN1C. The molecule has 0 saturated carbocycles. The normalized spacial score (nSPS) is 15.4. The Morgan fingerprint density at radius 2 is 0.651 bits per heavy atom. The number of piperazine rings is 1. The number of nitrogens with zero attached hydrogens (tertiary/aromatic N) is 1. The molecular weight excluding hydrogens is 520 g/mol. The van der Waals surface area contributed by atoms with E-state index in [1.165, 1.54) is 238 Å². The highest BCUT2D eigenvalue weighted by Gasteiger charge is 2.35. The minimum absolute atomic E-state index is 0.435. The highest BCUT2D eigenvalue weighted by molar-refractivity contribution is 4.94. The van der Waals surface area contributed by atoms with Gasteiger partial charge in [0.1, 0.15) is 0 Å². The van der Waals surface area contributed by atoms with Gasteiger partial charge >= 0.3 is 0 Å². The van der Waals surface area contributed by atoms with Crippen LogP contribution in [0.3, 0.4) is 0 Å². The number of hydrogen-bond donors (Lipinski definition) is 1. The highest BCUT2D eigenvalue weighted by atomic mass is 15.2. The van der Waals surface area contributed by atoms with E-state index in [1.807, 2.05) is 0 Å². The van der Waals surface area contributed by atoms with Gasteiger partial charge in [0.2, 0.25) is 0 Å². The second-order valence-corrected chi connectivity index (χ2v) is 14.9. The first kappa shape index (κ1) is 40.9. The van der Waals surface area contributed by atoms with Gasteiger partial charge in [-0.15, -0.1) is 0 Å². The van der Waals surface area contributed by atoms with Crippen LogP contribution in [0.15, 0.2) is 0 Å². The van der Waals surface area contributed by atoms with Crippen LogP contribution in [0.1, 0.15) is 232 Å². The quantitative estimate of drug-likeness (QED) is 0.0735. The zero-order valence-electron chi connectivity index (χ0n) is 30.6. The molecule has 1 N–H and O–H groups in total. The van der Waals surface area contributed by atoms with Crippen LogP contribution in [-0.4, -0.2) is 37.1 Å². The summed E-state index contributed by atoms with van der Waals surface area (Å²) in [5, 5.41) is 3.77. The lowest BCUT2D eigenvalue weighted by molar-refractivity contribution is 0.0647. The fraction of sp³-hybridized carbons (Fsp3) is 1.00. The van der Waals surface area contributed by atoms with E-state index in [-0.39, 0.29) is 0 Å². The Morgan fingerprint density at radius 1 is 0.395 bits per heavy atom. The van der Waals surface area contributed by atoms with E-state index in [0.29, 0.717) is 5.54 Å². The predicted octanol–water partition coefficient (Wildman–Crippen LogP) is 13.6. The lowest BCUT2D eigenvalue weighted by Crippen LogP contribution is -2.59. The standard InChI is InChI=1S/C41H84N2/c1-4-6-8-10-12-14-16-18-20-22-24-26-28-30-32-34-36-41(40-42-38-39-43(41)3)37-35-33-31-29-27-25-23-21-19-17-15-13-11-9-7-5-2/h42H,4-40H2,1-3H3. The van der Waals surface area contributed by atoms with Crippen LogP contribution < -0.4 is 5.32 Å². The molecule has 0 spiro atoms. The molecule has 0 aromatic rings. The Hall–Kier alpha value is -0.0800. The molecule has 1 saturated heterocycles. The molecule has 1 aliphatic heterocycles. The molecule has 0 amide bonds. The van der Waals surface area contributed by atoms with Gasteiger partial charge < -0.3 is 5.32 Å². The van der Waals surface area contributed by atoms with E-state index in [2.05, 4.69) is 31.1 Å². The molecule has 1 aliphatic rings. The smallest absolute Gasteiger partial charge is 0.0331 e. The summed E-state index contributed by atoms with van der Waals surface area (Å²) in [5.74, 6) is 0. The Kier molecular flexibility index (Phi) is 30.4. The highest BCUT2D eigenvalue weighted by Crippen LogP contribution is 2.30. The molecule has 0 aromatic carbocycles. The number of rotatable bonds is 34. The van der Waals surface area contributed by atoms with Crippen molar-refractivity contribution in [3.05, 3.63) is 0 Å². The van der Waals surface area contributed by atoms with Crippen molar-refractivity contribution in [2.75, 3.05) is 26.7 Å². The third-order valence-electron chi connectivity index (χ3n) is 10.9. The van der Waals surface area contributed by atoms with Crippen LogP contribution in [0.5, 0.6) is 0 Å². The van der Waals surface area contributed by atoms with Crippen LogP contribution in [-0.2, 0) is 0 Å². The van der Waals surface area contributed by atoms with E-state index in [9.17, 15) is 0 Å². The summed E-state index contributed by atoms with van der Waals surface area (Å²) in [4.78, 5) is 2.74. The average molecular weight is 605 g/mol. The first-order chi connectivity index (χ1) is 21.2. The van der Waals surface area contributed by atoms with Gasteiger partial charge in [-0.05, 0) is 19.9 Å². The van der Waals surface area contributed by atoms with Crippen LogP contribution in [0.2, 0.25) is 0 Å². The van der Waals surface area contributed by atoms with Crippen molar-refractivity contribution < 1.29 is 0 Å². The maximum absolute atomic E-state index is 3.77. The summed E-state index contributed by atoms with van der Waals surface area (Å²) in [6.07, 6.45) is 49.6. The maximum Gasteiger partial charge on any atom is 0.0331 e. The van der Waals surface area contributed by atoms with Crippen molar-refractivity contribution in [1.82, 2.24) is 10.2 Å². The molecule has 2 nitrogen and oxygen atoms in total. The van der Waals surface area contributed by atoms with Crippen molar-refractivity contribution in [2.45, 2.75) is 238 Å². The van der Waals surface area contributed by atoms with Gasteiger partial charge in [-0.1, -0.05) is 219 Å². The minimum atomic E-state index is 0.435. The van der Waals surface area contributed by atoms with E-state index >= 15 is 0 Å². The van der Waals surface area contributed by atoms with E-state index in [0.717, 1.165) is 0 Å². The maximum atomic E-state index is 3.77. The number of nitrogens with one attached hydrogen (secondary N) is 1. The van der Waals surface area contributed by atoms with Gasteiger partial charge in [0.25, 0.3) is 0 Å². The third kappa shape index (κ3) is 24.8. The van der Waals surface area contributed by atoms with Crippen molar-refractivity contribution in [3.63, 3.8) is 0 Å². The van der Waals surface area contributed by atoms with Crippen LogP contribution in [0.25, 0.3) is 0 Å². The molecule has 0 aliphatic carbocycles. The Morgan fingerprint density at radius 3 is 0.907 bits per heavy atom. The molecular formula is C41H84N2. The zero-order chi connectivity index (χ0) is 30.9. The van der Waals surface area contributed by atoms with Crippen molar-refractivity contribution in [2.24, 2.45) is 0 Å². The molecule has 258 valence electrons. The first-order valence-electron chi connectivity index (χ1n) is 20.7. The van der Waals surface area contributed by atoms with Crippen molar-refractivity contribution in [1.29, 1.82) is 0 Å². The predicted molar refractivity (Wildman–Crippen MR) is 197 cm³/mol. The summed E-state index contributed by atoms with van der Waals surface area (Å²) in [5.41, 5.74) is 0.435. The van der Waals surface area contributed by atoms with E-state index < -0.39 is 0 Å². The number of hydrogen-bond acceptors (Lipinski definition) is 2. The summed E-state index contributed by atoms with van der Waals surface area (Å²) < 4.78 is 0. The molecule has 43 heavy (non-hydrogen) atoms. The summed E-state index contributed by atoms with van der Waals surface area (Å²) in [6.45, 7) is 8.26. The first-order valence-corrected chi connectivity index (χ1v) is 20.7. The second-order valence-electron chi connectivity index (χ2n) is 14.9. The largest absolute Gasteiger partial charge is 0.314 e. The molecule has 1 heterocycles. The topological polar surface area (TPSA) is 15.3 Å². The molecule has 1 rings (SSSR count). The number of likely N-dealkylation sites (N-methyl/N-ethyl adjacent to an activating group) is 1. The molecule has 0 aromatic heterocycles. The fourth-order valence-electron chi connectivity index (χ4n) is 7.63. The van der Waals surface area contributed by atoms with Gasteiger partial charge in [0.05, 0.1) is 0 Å². The van der Waals surface area contributed by atoms with Gasteiger partial charge in [-0.3, -0.25) is 4.90 Å². The van der Waals surface area contributed by atoms with E-state index in [1.54, 1.807) is 0 Å². The summed E-state index contributed by atoms with van der Waals surface area (Å²) in [7, 11) is 2.42. The molecule has 1 fully saturated rings. The van der Waals surface area contributed by atoms with Crippen LogP contribution >= 0.6 is 0 Å². The number of unbranched alkanes of at least 4 members (excludes halogenated alkanes) is 30. The lowest BCUT2D eigenvalue weighted by Gasteiger charge is -2.46. The molecule has 0 atom stereocenters. The van der Waals surface area contributed by atoms with Gasteiger partial charge in [0.15, 0.2) is 0 Å². The van der Waals surface area contributed by atoms with Gasteiger partial charge in [0, 0.05) is 25.2 Å². The second kappa shape index (κ2) is 31.9. The average Bonchev–Trinajstić information content (AvgIpc) is 3.02. The molecule has 0 bridgehead atoms. The monoisotopic (exact) mass is 605 g/mol. The summed E-state index contributed by atoms with van der Waals surface area (Å²) >= 11 is 0. The molecule has 0 radical (unpaired) electrons. The Bertz CT molecular complexity index is 496. The van der Waals surface area contributed by atoms with Crippen LogP contribution in [0.4, 0.5) is 0 Å². The molecule has 2 heteroatoms. The van der Waals surface area contributed by atoms with Crippen molar-refractivity contribution >= 4 is 0 Å². The Labute approximate surface area is 274 Å². The lowest BCUT2D eigenvalue weighted by atomic mass is 9.83. The molecule has 0 unspecified atom stereocenters. The summed E-state index contributed by atoms with van der Waals surface area (Å²) in [6, 6.07) is 0. The zero-order valence-corrected chi connectivity index (χ0v) is 30.6. The fourth-order valence-corrected chi connectivity index (χ4v) is 7.63. The minimum Gasteiger partial charge on any atom is -0.314 e. The Balaban J connectivity index is 1.96. The van der Waals surface area contributed by atoms with E-state index in [4.69, 9.17) is 0 Å². The van der Waals surface area contributed by atoms with Crippen LogP contribution in [0, 0.1) is 0 Å². The van der Waals surface area contributed by atoms with Gasteiger partial charge in [-0.25, -0.2) is 0 Å². The van der Waals surface area contributed by atoms with Gasteiger partial charge in [-0.2, -0.15) is 0 Å². The third-order valence-corrected chi connectivity index (χ3v) is 10.9.